The second kappa shape index (κ2) is 12.3. The molecule has 0 spiro atoms. The molecule has 1 heterocycles. The van der Waals surface area contributed by atoms with Gasteiger partial charge in [-0.2, -0.15) is 0 Å². The number of hydrogen-bond acceptors (Lipinski definition) is 6. The van der Waals surface area contributed by atoms with E-state index in [1.807, 2.05) is 74.5 Å². The fraction of sp³-hybridized carbons (Fsp3) is 0.423. The molecule has 2 unspecified atom stereocenters. The number of hydrogen-bond donors (Lipinski definition) is 4. The molecule has 4 N–H and O–H groups in total. The zero-order valence-corrected chi connectivity index (χ0v) is 19.6. The molecule has 4 atom stereocenters. The maximum Gasteiger partial charge on any atom is 0.310 e. The van der Waals surface area contributed by atoms with Gasteiger partial charge in [0.15, 0.2) is 0 Å². The van der Waals surface area contributed by atoms with E-state index in [-0.39, 0.29) is 30.8 Å². The lowest BCUT2D eigenvalue weighted by molar-refractivity contribution is -0.155. The molecule has 1 aliphatic heterocycles. The van der Waals surface area contributed by atoms with Crippen molar-refractivity contribution in [3.05, 3.63) is 71.8 Å². The minimum atomic E-state index is -1.38. The van der Waals surface area contributed by atoms with Crippen molar-refractivity contribution in [3.63, 3.8) is 0 Å². The van der Waals surface area contributed by atoms with Crippen LogP contribution < -0.4 is 16.0 Å². The highest BCUT2D eigenvalue weighted by Gasteiger charge is 2.36. The normalized spacial score (nSPS) is 19.4. The Morgan fingerprint density at radius 2 is 1.71 bits per heavy atom. The Bertz CT molecular complexity index is 951. The van der Waals surface area contributed by atoms with E-state index in [1.54, 1.807) is 0 Å². The van der Waals surface area contributed by atoms with E-state index >= 15 is 0 Å². The second-order valence-electron chi connectivity index (χ2n) is 8.98. The van der Waals surface area contributed by atoms with Gasteiger partial charge in [-0.15, -0.1) is 0 Å². The molecule has 3 rings (SSSR count). The Hall–Kier alpha value is -3.23. The molecular formula is C26H33N3O5. The maximum absolute atomic E-state index is 12.8. The number of cyclic esters (lactones) is 1. The van der Waals surface area contributed by atoms with Crippen molar-refractivity contribution in [2.24, 2.45) is 5.92 Å². The molecule has 1 aliphatic rings. The number of aliphatic hydroxyl groups is 1. The summed E-state index contributed by atoms with van der Waals surface area (Å²) in [5.41, 5.74) is 2.21. The van der Waals surface area contributed by atoms with Crippen LogP contribution in [0.1, 0.15) is 43.9 Å². The molecule has 0 aliphatic carbocycles. The second-order valence-corrected chi connectivity index (χ2v) is 8.98. The molecule has 0 radical (unpaired) electrons. The van der Waals surface area contributed by atoms with E-state index in [0.29, 0.717) is 12.8 Å². The summed E-state index contributed by atoms with van der Waals surface area (Å²) in [5.74, 6) is -1.19. The van der Waals surface area contributed by atoms with Crippen LogP contribution in [-0.4, -0.2) is 47.8 Å². The number of carbonyl (C=O) groups is 3. The van der Waals surface area contributed by atoms with Crippen molar-refractivity contribution in [2.75, 3.05) is 6.54 Å². The average molecular weight is 468 g/mol. The number of carbonyl (C=O) groups excluding carboxylic acids is 3. The van der Waals surface area contributed by atoms with E-state index in [0.717, 1.165) is 11.1 Å². The van der Waals surface area contributed by atoms with Crippen LogP contribution >= 0.6 is 0 Å². The van der Waals surface area contributed by atoms with Crippen LogP contribution in [0.5, 0.6) is 0 Å². The van der Waals surface area contributed by atoms with Crippen LogP contribution in [0.4, 0.5) is 0 Å². The highest BCUT2D eigenvalue weighted by atomic mass is 16.6. The molecule has 2 aromatic carbocycles. The predicted molar refractivity (Wildman–Crippen MR) is 127 cm³/mol. The number of rotatable bonds is 11. The Morgan fingerprint density at radius 1 is 1.06 bits per heavy atom. The Balaban J connectivity index is 1.61. The average Bonchev–Trinajstić information content (AvgIpc) is 3.13. The minimum absolute atomic E-state index is 0.0297. The summed E-state index contributed by atoms with van der Waals surface area (Å²) in [4.78, 5) is 37.0. The number of benzene rings is 2. The first-order valence-electron chi connectivity index (χ1n) is 11.6. The highest BCUT2D eigenvalue weighted by molar-refractivity contribution is 5.89. The van der Waals surface area contributed by atoms with E-state index < -0.39 is 30.3 Å². The molecule has 1 saturated heterocycles. The summed E-state index contributed by atoms with van der Waals surface area (Å²) in [6, 6.07) is 18.3. The SMILES string of the molecule is CC(C)C[C@H](NC(=O)CNC(Cc1ccccc1)c1ccccc1)C(=O)N[C@H]1CC(=O)OC1O. The van der Waals surface area contributed by atoms with Crippen LogP contribution in [0.25, 0.3) is 0 Å². The number of ether oxygens (including phenoxy) is 1. The van der Waals surface area contributed by atoms with Gasteiger partial charge in [0, 0.05) is 6.04 Å². The summed E-state index contributed by atoms with van der Waals surface area (Å²) in [6.07, 6.45) is -0.351. The first-order chi connectivity index (χ1) is 16.3. The predicted octanol–water partition coefficient (Wildman–Crippen LogP) is 1.84. The van der Waals surface area contributed by atoms with Crippen molar-refractivity contribution in [1.29, 1.82) is 0 Å². The van der Waals surface area contributed by atoms with Crippen molar-refractivity contribution in [3.8, 4) is 0 Å². The molecular weight excluding hydrogens is 434 g/mol. The van der Waals surface area contributed by atoms with Crippen LogP contribution in [0.2, 0.25) is 0 Å². The van der Waals surface area contributed by atoms with Crippen LogP contribution in [0, 0.1) is 5.92 Å². The van der Waals surface area contributed by atoms with Gasteiger partial charge >= 0.3 is 5.97 Å². The van der Waals surface area contributed by atoms with Crippen molar-refractivity contribution in [1.82, 2.24) is 16.0 Å². The monoisotopic (exact) mass is 467 g/mol. The molecule has 8 heteroatoms. The summed E-state index contributed by atoms with van der Waals surface area (Å²) in [5, 5.41) is 18.5. The molecule has 34 heavy (non-hydrogen) atoms. The van der Waals surface area contributed by atoms with Crippen molar-refractivity contribution >= 4 is 17.8 Å². The Kier molecular flexibility index (Phi) is 9.18. The quantitative estimate of drug-likeness (QED) is 0.375. The van der Waals surface area contributed by atoms with Gasteiger partial charge in [0.25, 0.3) is 0 Å². The zero-order valence-electron chi connectivity index (χ0n) is 19.6. The summed E-state index contributed by atoms with van der Waals surface area (Å²) < 4.78 is 4.68. The third-order valence-corrected chi connectivity index (χ3v) is 5.66. The lowest BCUT2D eigenvalue weighted by Gasteiger charge is -2.24. The molecule has 0 saturated carbocycles. The number of nitrogens with one attached hydrogen (secondary N) is 3. The largest absolute Gasteiger partial charge is 0.434 e. The first kappa shape index (κ1) is 25.4. The molecule has 1 fully saturated rings. The summed E-state index contributed by atoms with van der Waals surface area (Å²) in [7, 11) is 0. The van der Waals surface area contributed by atoms with Gasteiger partial charge in [-0.25, -0.2) is 0 Å². The van der Waals surface area contributed by atoms with Crippen LogP contribution in [0.3, 0.4) is 0 Å². The molecule has 182 valence electrons. The van der Waals surface area contributed by atoms with E-state index in [4.69, 9.17) is 0 Å². The smallest absolute Gasteiger partial charge is 0.310 e. The lowest BCUT2D eigenvalue weighted by Crippen LogP contribution is -2.53. The van der Waals surface area contributed by atoms with Crippen LogP contribution in [0.15, 0.2) is 60.7 Å². The maximum atomic E-state index is 12.8. The van der Waals surface area contributed by atoms with Gasteiger partial charge in [-0.1, -0.05) is 74.5 Å². The van der Waals surface area contributed by atoms with E-state index in [9.17, 15) is 19.5 Å². The van der Waals surface area contributed by atoms with Gasteiger partial charge < -0.3 is 25.8 Å². The fourth-order valence-electron chi connectivity index (χ4n) is 3.96. The fourth-order valence-corrected chi connectivity index (χ4v) is 3.96. The van der Waals surface area contributed by atoms with Gasteiger partial charge in [0.2, 0.25) is 18.1 Å². The Morgan fingerprint density at radius 3 is 2.29 bits per heavy atom. The minimum Gasteiger partial charge on any atom is -0.434 e. The van der Waals surface area contributed by atoms with E-state index in [2.05, 4.69) is 20.7 Å². The van der Waals surface area contributed by atoms with Gasteiger partial charge in [-0.05, 0) is 29.9 Å². The first-order valence-corrected chi connectivity index (χ1v) is 11.6. The standard InChI is InChI=1S/C26H33N3O5/c1-17(2)13-21(25(32)29-22-15-24(31)34-26(22)33)28-23(30)16-27-20(19-11-7-4-8-12-19)14-18-9-5-3-6-10-18/h3-12,17,20-22,26-27,33H,13-16H2,1-2H3,(H,28,30)(H,29,32)/t20?,21-,22-,26?/m0/s1. The highest BCUT2D eigenvalue weighted by Crippen LogP contribution is 2.18. The number of esters is 1. The zero-order chi connectivity index (χ0) is 24.5. The van der Waals surface area contributed by atoms with Gasteiger partial charge in [0.05, 0.1) is 13.0 Å². The third kappa shape index (κ3) is 7.67. The van der Waals surface area contributed by atoms with Crippen molar-refractivity contribution in [2.45, 2.75) is 57.5 Å². The number of aliphatic hydroxyl groups excluding tert-OH is 1. The van der Waals surface area contributed by atoms with E-state index in [1.165, 1.54) is 0 Å². The lowest BCUT2D eigenvalue weighted by atomic mass is 9.99. The molecule has 2 amide bonds. The Labute approximate surface area is 200 Å². The van der Waals surface area contributed by atoms with Crippen molar-refractivity contribution < 1.29 is 24.2 Å². The summed E-state index contributed by atoms with van der Waals surface area (Å²) in [6.45, 7) is 3.93. The molecule has 0 aromatic heterocycles. The van der Waals surface area contributed by atoms with Gasteiger partial charge in [0.1, 0.15) is 12.1 Å². The van der Waals surface area contributed by atoms with Crippen LogP contribution in [-0.2, 0) is 25.5 Å². The molecule has 8 nitrogen and oxygen atoms in total. The summed E-state index contributed by atoms with van der Waals surface area (Å²) >= 11 is 0. The molecule has 2 aromatic rings. The molecule has 0 bridgehead atoms. The number of amides is 2. The third-order valence-electron chi connectivity index (χ3n) is 5.66. The van der Waals surface area contributed by atoms with Gasteiger partial charge in [-0.3, -0.25) is 14.4 Å². The topological polar surface area (TPSA) is 117 Å².